The van der Waals surface area contributed by atoms with Crippen LogP contribution in [-0.4, -0.2) is 44.4 Å². The summed E-state index contributed by atoms with van der Waals surface area (Å²) in [5.74, 6) is -0.206. The van der Waals surface area contributed by atoms with Gasteiger partial charge in [0.15, 0.2) is 0 Å². The third-order valence-corrected chi connectivity index (χ3v) is 6.49. The molecule has 41 heavy (non-hydrogen) atoms. The Morgan fingerprint density at radius 3 is 2.12 bits per heavy atom. The topological polar surface area (TPSA) is 123 Å². The van der Waals surface area contributed by atoms with Gasteiger partial charge in [-0.25, -0.2) is 4.79 Å². The lowest BCUT2D eigenvalue weighted by Crippen LogP contribution is -2.32. The highest BCUT2D eigenvalue weighted by Gasteiger charge is 2.21. The van der Waals surface area contributed by atoms with E-state index in [9.17, 15) is 14.4 Å². The third kappa shape index (κ3) is 12.2. The third-order valence-electron chi connectivity index (χ3n) is 6.49. The number of rotatable bonds is 16. The van der Waals surface area contributed by atoms with Gasteiger partial charge in [-0.15, -0.1) is 0 Å². The number of carbonyl (C=O) groups excluding carboxylic acids is 3. The molecule has 1 atom stereocenters. The van der Waals surface area contributed by atoms with E-state index in [1.807, 2.05) is 56.3 Å². The second kappa shape index (κ2) is 17.3. The number of ether oxygens (including phenoxy) is 2. The molecule has 0 aliphatic carbocycles. The Labute approximate surface area is 245 Å². The molecule has 2 aromatic carbocycles. The summed E-state index contributed by atoms with van der Waals surface area (Å²) in [6.07, 6.45) is 1.51. The Bertz CT molecular complexity index is 1110. The summed E-state index contributed by atoms with van der Waals surface area (Å²) in [6, 6.07) is 13.3. The van der Waals surface area contributed by atoms with Gasteiger partial charge in [0.1, 0.15) is 0 Å². The van der Waals surface area contributed by atoms with Gasteiger partial charge >= 0.3 is 18.0 Å². The van der Waals surface area contributed by atoms with Gasteiger partial charge in [-0.3, -0.25) is 9.59 Å². The highest BCUT2D eigenvalue weighted by Crippen LogP contribution is 2.34. The van der Waals surface area contributed by atoms with Crippen molar-refractivity contribution < 1.29 is 23.9 Å². The molecule has 0 heterocycles. The summed E-state index contributed by atoms with van der Waals surface area (Å²) in [5.41, 5.74) is 9.72. The van der Waals surface area contributed by atoms with Gasteiger partial charge in [0.05, 0.1) is 17.8 Å². The SMILES string of the molecule is CC[C@@H](CC(=O)OCOC(=O)CCCN)c1ccc(N(CC(C)C)CC(C)C)c(NC(=O)Nc2ccc(C)cc2)c1. The highest BCUT2D eigenvalue weighted by molar-refractivity contribution is 6.02. The molecule has 226 valence electrons. The van der Waals surface area contributed by atoms with Gasteiger partial charge in [0, 0.05) is 25.2 Å². The van der Waals surface area contributed by atoms with E-state index in [0.29, 0.717) is 42.6 Å². The van der Waals surface area contributed by atoms with Crippen LogP contribution >= 0.6 is 0 Å². The van der Waals surface area contributed by atoms with Crippen molar-refractivity contribution in [3.8, 4) is 0 Å². The van der Waals surface area contributed by atoms with Crippen molar-refractivity contribution >= 4 is 35.0 Å². The van der Waals surface area contributed by atoms with Crippen LogP contribution in [0.2, 0.25) is 0 Å². The predicted molar refractivity (Wildman–Crippen MR) is 165 cm³/mol. The maximum absolute atomic E-state index is 13.1. The minimum atomic E-state index is -0.458. The molecular weight excluding hydrogens is 520 g/mol. The molecule has 0 aliphatic heterocycles. The van der Waals surface area contributed by atoms with Gasteiger partial charge in [0.2, 0.25) is 6.79 Å². The van der Waals surface area contributed by atoms with E-state index in [4.69, 9.17) is 15.2 Å². The number of amides is 2. The van der Waals surface area contributed by atoms with Crippen LogP contribution < -0.4 is 21.3 Å². The maximum atomic E-state index is 13.1. The Morgan fingerprint density at radius 1 is 0.902 bits per heavy atom. The van der Waals surface area contributed by atoms with Crippen LogP contribution in [0.1, 0.15) is 77.3 Å². The summed E-state index contributed by atoms with van der Waals surface area (Å²) >= 11 is 0. The average Bonchev–Trinajstić information content (AvgIpc) is 2.91. The van der Waals surface area contributed by atoms with Crippen LogP contribution in [0, 0.1) is 18.8 Å². The van der Waals surface area contributed by atoms with E-state index in [1.54, 1.807) is 0 Å². The van der Waals surface area contributed by atoms with Gasteiger partial charge in [-0.2, -0.15) is 0 Å². The molecule has 0 spiro atoms. The Kier molecular flexibility index (Phi) is 14.2. The van der Waals surface area contributed by atoms with Crippen molar-refractivity contribution in [3.05, 3.63) is 53.6 Å². The minimum absolute atomic E-state index is 0.118. The van der Waals surface area contributed by atoms with E-state index < -0.39 is 18.7 Å². The fourth-order valence-electron chi connectivity index (χ4n) is 4.50. The summed E-state index contributed by atoms with van der Waals surface area (Å²) in [6.45, 7) is 14.3. The number of hydrogen-bond donors (Lipinski definition) is 3. The molecule has 0 radical (unpaired) electrons. The fourth-order valence-corrected chi connectivity index (χ4v) is 4.50. The lowest BCUT2D eigenvalue weighted by molar-refractivity contribution is -0.167. The second-order valence-corrected chi connectivity index (χ2v) is 11.3. The van der Waals surface area contributed by atoms with Gasteiger partial charge in [0.25, 0.3) is 0 Å². The fraction of sp³-hybridized carbons (Fsp3) is 0.531. The van der Waals surface area contributed by atoms with Crippen LogP contribution in [0.3, 0.4) is 0 Å². The standard InChI is InChI=1S/C32H48N4O5/c1-7-25(18-31(38)41-21-40-30(37)9-8-16-33)26-12-15-29(36(19-22(2)3)20-23(4)5)28(17-26)35-32(39)34-27-13-10-24(6)11-14-27/h10-15,17,22-23,25H,7-9,16,18-21,33H2,1-6H3,(H2,34,35,39)/t25-/m0/s1. The molecule has 9 heteroatoms. The summed E-state index contributed by atoms with van der Waals surface area (Å²) in [4.78, 5) is 39.6. The van der Waals surface area contributed by atoms with Crippen molar-refractivity contribution in [2.75, 3.05) is 42.0 Å². The Hall–Kier alpha value is -3.59. The molecule has 0 aliphatic rings. The van der Waals surface area contributed by atoms with Crippen molar-refractivity contribution in [1.29, 1.82) is 0 Å². The van der Waals surface area contributed by atoms with E-state index >= 15 is 0 Å². The molecule has 4 N–H and O–H groups in total. The largest absolute Gasteiger partial charge is 0.428 e. The number of anilines is 3. The molecule has 0 bridgehead atoms. The molecule has 0 aromatic heterocycles. The van der Waals surface area contributed by atoms with E-state index in [2.05, 4.69) is 43.2 Å². The highest BCUT2D eigenvalue weighted by atomic mass is 16.7. The zero-order valence-electron chi connectivity index (χ0n) is 25.5. The lowest BCUT2D eigenvalue weighted by Gasteiger charge is -2.31. The number of aryl methyl sites for hydroxylation is 1. The van der Waals surface area contributed by atoms with Gasteiger partial charge in [-0.1, -0.05) is 58.4 Å². The quantitative estimate of drug-likeness (QED) is 0.158. The molecule has 9 nitrogen and oxygen atoms in total. The van der Waals surface area contributed by atoms with E-state index in [-0.39, 0.29) is 24.8 Å². The second-order valence-electron chi connectivity index (χ2n) is 11.3. The molecule has 0 saturated heterocycles. The van der Waals surface area contributed by atoms with Gasteiger partial charge < -0.3 is 30.7 Å². The van der Waals surface area contributed by atoms with Crippen molar-refractivity contribution in [2.45, 2.75) is 73.1 Å². The molecule has 0 fully saturated rings. The number of nitrogens with zero attached hydrogens (tertiary/aromatic N) is 1. The van der Waals surface area contributed by atoms with Crippen molar-refractivity contribution in [2.24, 2.45) is 17.6 Å². The van der Waals surface area contributed by atoms with Crippen LogP contribution in [0.25, 0.3) is 0 Å². The number of esters is 2. The van der Waals surface area contributed by atoms with Crippen molar-refractivity contribution in [3.63, 3.8) is 0 Å². The summed E-state index contributed by atoms with van der Waals surface area (Å²) < 4.78 is 10.1. The number of nitrogens with two attached hydrogens (primary N) is 1. The first-order valence-corrected chi connectivity index (χ1v) is 14.6. The molecule has 2 aromatic rings. The van der Waals surface area contributed by atoms with Crippen LogP contribution in [-0.2, 0) is 19.1 Å². The predicted octanol–water partition coefficient (Wildman–Crippen LogP) is 6.42. The maximum Gasteiger partial charge on any atom is 0.323 e. The van der Waals surface area contributed by atoms with Crippen LogP contribution in [0.15, 0.2) is 42.5 Å². The van der Waals surface area contributed by atoms with Crippen LogP contribution in [0.4, 0.5) is 21.9 Å². The zero-order chi connectivity index (χ0) is 30.4. The van der Waals surface area contributed by atoms with Crippen LogP contribution in [0.5, 0.6) is 0 Å². The number of urea groups is 1. The number of nitrogens with one attached hydrogen (secondary N) is 2. The smallest absolute Gasteiger partial charge is 0.323 e. The zero-order valence-corrected chi connectivity index (χ0v) is 25.5. The Morgan fingerprint density at radius 2 is 1.54 bits per heavy atom. The molecular formula is C32H48N4O5. The van der Waals surface area contributed by atoms with Crippen molar-refractivity contribution in [1.82, 2.24) is 0 Å². The number of carbonyl (C=O) groups is 3. The molecule has 2 amide bonds. The van der Waals surface area contributed by atoms with E-state index in [1.165, 1.54) is 0 Å². The normalized spacial score (nSPS) is 11.7. The first-order valence-electron chi connectivity index (χ1n) is 14.6. The molecule has 0 unspecified atom stereocenters. The number of hydrogen-bond acceptors (Lipinski definition) is 7. The van der Waals surface area contributed by atoms with Gasteiger partial charge in [-0.05, 0) is 73.9 Å². The summed E-state index contributed by atoms with van der Waals surface area (Å²) in [5, 5.41) is 5.98. The minimum Gasteiger partial charge on any atom is -0.428 e. The lowest BCUT2D eigenvalue weighted by atomic mass is 9.92. The monoisotopic (exact) mass is 568 g/mol. The number of benzene rings is 2. The molecule has 2 rings (SSSR count). The Balaban J connectivity index is 2.26. The average molecular weight is 569 g/mol. The summed E-state index contributed by atoms with van der Waals surface area (Å²) in [7, 11) is 0. The van der Waals surface area contributed by atoms with E-state index in [0.717, 1.165) is 29.9 Å². The first-order chi connectivity index (χ1) is 19.5. The first kappa shape index (κ1) is 33.6. The molecule has 0 saturated carbocycles.